The van der Waals surface area contributed by atoms with E-state index in [4.69, 9.17) is 5.73 Å². The molecule has 3 atom stereocenters. The van der Waals surface area contributed by atoms with Gasteiger partial charge in [0.05, 0.1) is 0 Å². The lowest BCUT2D eigenvalue weighted by molar-refractivity contribution is 0.119. The first kappa shape index (κ1) is 17.0. The van der Waals surface area contributed by atoms with Crippen LogP contribution in [0, 0.1) is 17.8 Å². The zero-order valence-corrected chi connectivity index (χ0v) is 13.9. The van der Waals surface area contributed by atoms with Crippen molar-refractivity contribution in [1.29, 1.82) is 0 Å². The van der Waals surface area contributed by atoms with E-state index in [0.29, 0.717) is 18.0 Å². The molecule has 0 saturated heterocycles. The first-order valence-corrected chi connectivity index (χ1v) is 8.43. The molecule has 0 aromatic heterocycles. The van der Waals surface area contributed by atoms with Gasteiger partial charge < -0.3 is 10.6 Å². The topological polar surface area (TPSA) is 29.3 Å². The van der Waals surface area contributed by atoms with Crippen LogP contribution in [-0.4, -0.2) is 30.1 Å². The number of rotatable bonds is 7. The van der Waals surface area contributed by atoms with E-state index in [1.54, 1.807) is 0 Å². The fourth-order valence-electron chi connectivity index (χ4n) is 3.53. The molecule has 0 aromatic rings. The van der Waals surface area contributed by atoms with Crippen LogP contribution in [0.2, 0.25) is 0 Å². The van der Waals surface area contributed by atoms with E-state index in [1.807, 2.05) is 0 Å². The molecule has 1 rings (SSSR count). The highest BCUT2D eigenvalue weighted by atomic mass is 15.1. The molecule has 3 unspecified atom stereocenters. The molecule has 1 fully saturated rings. The molecular weight excluding hydrogens is 232 g/mol. The molecule has 0 amide bonds. The van der Waals surface area contributed by atoms with Crippen LogP contribution in [0.25, 0.3) is 0 Å². The van der Waals surface area contributed by atoms with E-state index in [1.165, 1.54) is 45.2 Å². The maximum Gasteiger partial charge on any atom is 0.00795 e. The Labute approximate surface area is 121 Å². The van der Waals surface area contributed by atoms with Crippen molar-refractivity contribution in [2.24, 2.45) is 23.5 Å². The summed E-state index contributed by atoms with van der Waals surface area (Å²) in [5, 5.41) is 0. The number of nitrogens with two attached hydrogens (primary N) is 1. The second kappa shape index (κ2) is 8.26. The van der Waals surface area contributed by atoms with E-state index < -0.39 is 0 Å². The predicted octanol–water partition coefficient (Wildman–Crippen LogP) is 3.90. The molecule has 1 aliphatic rings. The van der Waals surface area contributed by atoms with Gasteiger partial charge in [-0.1, -0.05) is 33.6 Å². The van der Waals surface area contributed by atoms with Crippen LogP contribution in [0.3, 0.4) is 0 Å². The largest absolute Gasteiger partial charge is 0.327 e. The van der Waals surface area contributed by atoms with Gasteiger partial charge in [0.2, 0.25) is 0 Å². The van der Waals surface area contributed by atoms with Gasteiger partial charge in [0.15, 0.2) is 0 Å². The van der Waals surface area contributed by atoms with Crippen LogP contribution in [0.4, 0.5) is 0 Å². The maximum absolute atomic E-state index is 6.39. The third-order valence-corrected chi connectivity index (χ3v) is 4.65. The van der Waals surface area contributed by atoms with Crippen LogP contribution in [0.1, 0.15) is 66.7 Å². The molecule has 0 spiro atoms. The van der Waals surface area contributed by atoms with Gasteiger partial charge in [0.25, 0.3) is 0 Å². The molecule has 19 heavy (non-hydrogen) atoms. The molecule has 1 saturated carbocycles. The summed E-state index contributed by atoms with van der Waals surface area (Å²) in [6, 6.07) is 1.07. The number of hydrogen-bond donors (Lipinski definition) is 1. The fraction of sp³-hybridized carbons (Fsp3) is 1.00. The Morgan fingerprint density at radius 3 is 2.37 bits per heavy atom. The van der Waals surface area contributed by atoms with Crippen LogP contribution in [0.5, 0.6) is 0 Å². The number of nitrogens with zero attached hydrogens (tertiary/aromatic N) is 1. The van der Waals surface area contributed by atoms with Crippen molar-refractivity contribution in [2.45, 2.75) is 78.8 Å². The molecule has 0 radical (unpaired) electrons. The quantitative estimate of drug-likeness (QED) is 0.759. The molecule has 0 bridgehead atoms. The van der Waals surface area contributed by atoms with Crippen LogP contribution in [0.15, 0.2) is 0 Å². The highest BCUT2D eigenvalue weighted by Crippen LogP contribution is 2.32. The van der Waals surface area contributed by atoms with E-state index in [-0.39, 0.29) is 0 Å². The summed E-state index contributed by atoms with van der Waals surface area (Å²) in [6.45, 7) is 14.0. The second-order valence-electron chi connectivity index (χ2n) is 7.33. The minimum atomic E-state index is 0.432. The molecular formula is C17H36N2. The zero-order valence-electron chi connectivity index (χ0n) is 13.9. The van der Waals surface area contributed by atoms with Gasteiger partial charge in [0, 0.05) is 25.2 Å². The standard InChI is InChI=1S/C17H36N2/c1-6-7-15-8-9-17(18)16(10-15)12-19(14(4)5)11-13(2)3/h13-17H,6-12,18H2,1-5H3. The van der Waals surface area contributed by atoms with Crippen LogP contribution in [-0.2, 0) is 0 Å². The van der Waals surface area contributed by atoms with E-state index in [9.17, 15) is 0 Å². The van der Waals surface area contributed by atoms with Gasteiger partial charge >= 0.3 is 0 Å². The van der Waals surface area contributed by atoms with E-state index in [2.05, 4.69) is 39.5 Å². The fourth-order valence-corrected chi connectivity index (χ4v) is 3.53. The van der Waals surface area contributed by atoms with Gasteiger partial charge in [-0.25, -0.2) is 0 Å². The van der Waals surface area contributed by atoms with Crippen molar-refractivity contribution in [1.82, 2.24) is 4.90 Å². The summed E-state index contributed by atoms with van der Waals surface area (Å²) in [4.78, 5) is 2.64. The summed E-state index contributed by atoms with van der Waals surface area (Å²) in [7, 11) is 0. The lowest BCUT2D eigenvalue weighted by Gasteiger charge is -2.39. The zero-order chi connectivity index (χ0) is 14.4. The highest BCUT2D eigenvalue weighted by Gasteiger charge is 2.29. The molecule has 2 heteroatoms. The average Bonchev–Trinajstić information content (AvgIpc) is 2.32. The molecule has 0 heterocycles. The van der Waals surface area contributed by atoms with Gasteiger partial charge in [-0.15, -0.1) is 0 Å². The third kappa shape index (κ3) is 5.83. The normalized spacial score (nSPS) is 28.6. The first-order chi connectivity index (χ1) is 8.93. The van der Waals surface area contributed by atoms with Gasteiger partial charge in [-0.2, -0.15) is 0 Å². The van der Waals surface area contributed by atoms with Gasteiger partial charge in [-0.3, -0.25) is 0 Å². The molecule has 0 aliphatic heterocycles. The lowest BCUT2D eigenvalue weighted by atomic mass is 9.76. The predicted molar refractivity (Wildman–Crippen MR) is 85.3 cm³/mol. The summed E-state index contributed by atoms with van der Waals surface area (Å²) >= 11 is 0. The Bertz CT molecular complexity index is 237. The van der Waals surface area contributed by atoms with Crippen molar-refractivity contribution in [3.05, 3.63) is 0 Å². The monoisotopic (exact) mass is 268 g/mol. The molecule has 2 nitrogen and oxygen atoms in total. The summed E-state index contributed by atoms with van der Waals surface area (Å²) in [6.07, 6.45) is 6.68. The molecule has 114 valence electrons. The van der Waals surface area contributed by atoms with Crippen molar-refractivity contribution in [3.8, 4) is 0 Å². The highest BCUT2D eigenvalue weighted by molar-refractivity contribution is 4.85. The Kier molecular flexibility index (Phi) is 7.38. The lowest BCUT2D eigenvalue weighted by Crippen LogP contribution is -2.46. The summed E-state index contributed by atoms with van der Waals surface area (Å²) in [5.41, 5.74) is 6.39. The average molecular weight is 268 g/mol. The van der Waals surface area contributed by atoms with E-state index in [0.717, 1.165) is 11.8 Å². The number of hydrogen-bond acceptors (Lipinski definition) is 2. The minimum Gasteiger partial charge on any atom is -0.327 e. The van der Waals surface area contributed by atoms with Gasteiger partial charge in [-0.05, 0) is 50.9 Å². The van der Waals surface area contributed by atoms with Crippen molar-refractivity contribution >= 4 is 0 Å². The minimum absolute atomic E-state index is 0.432. The summed E-state index contributed by atoms with van der Waals surface area (Å²) in [5.74, 6) is 2.39. The van der Waals surface area contributed by atoms with Gasteiger partial charge in [0.1, 0.15) is 0 Å². The van der Waals surface area contributed by atoms with Crippen molar-refractivity contribution in [2.75, 3.05) is 13.1 Å². The Morgan fingerprint density at radius 1 is 1.16 bits per heavy atom. The van der Waals surface area contributed by atoms with Crippen LogP contribution >= 0.6 is 0 Å². The SMILES string of the molecule is CCCC1CCC(N)C(CN(CC(C)C)C(C)C)C1. The molecule has 2 N–H and O–H groups in total. The van der Waals surface area contributed by atoms with Crippen molar-refractivity contribution in [3.63, 3.8) is 0 Å². The third-order valence-electron chi connectivity index (χ3n) is 4.65. The van der Waals surface area contributed by atoms with Crippen LogP contribution < -0.4 is 5.73 Å². The molecule has 1 aliphatic carbocycles. The first-order valence-electron chi connectivity index (χ1n) is 8.43. The smallest absolute Gasteiger partial charge is 0.00795 e. The molecule has 0 aromatic carbocycles. The summed E-state index contributed by atoms with van der Waals surface area (Å²) < 4.78 is 0. The maximum atomic E-state index is 6.39. The Hall–Kier alpha value is -0.0800. The Balaban J connectivity index is 2.54. The van der Waals surface area contributed by atoms with Crippen molar-refractivity contribution < 1.29 is 0 Å². The second-order valence-corrected chi connectivity index (χ2v) is 7.33. The van der Waals surface area contributed by atoms with E-state index >= 15 is 0 Å². The Morgan fingerprint density at radius 2 is 1.84 bits per heavy atom.